The average molecular weight is 454 g/mol. The zero-order chi connectivity index (χ0) is 22.7. The van der Waals surface area contributed by atoms with Crippen molar-refractivity contribution in [3.05, 3.63) is 70.9 Å². The summed E-state index contributed by atoms with van der Waals surface area (Å²) in [6, 6.07) is 14.6. The Morgan fingerprint density at radius 3 is 2.69 bits per heavy atom. The number of thiophene rings is 1. The van der Waals surface area contributed by atoms with Crippen LogP contribution in [-0.2, 0) is 20.9 Å². The van der Waals surface area contributed by atoms with Gasteiger partial charge in [-0.15, -0.1) is 11.3 Å². The smallest absolute Gasteiger partial charge is 0.348 e. The summed E-state index contributed by atoms with van der Waals surface area (Å²) in [7, 11) is 1.43. The Kier molecular flexibility index (Phi) is 6.18. The van der Waals surface area contributed by atoms with Crippen molar-refractivity contribution in [2.75, 3.05) is 25.5 Å². The van der Waals surface area contributed by atoms with Gasteiger partial charge in [0.2, 0.25) is 5.91 Å². The zero-order valence-corrected chi connectivity index (χ0v) is 17.9. The summed E-state index contributed by atoms with van der Waals surface area (Å²) in [5, 5.41) is 2.56. The third kappa shape index (κ3) is 4.78. The van der Waals surface area contributed by atoms with Gasteiger partial charge in [0.25, 0.3) is 5.91 Å². The van der Waals surface area contributed by atoms with Crippen molar-refractivity contribution in [2.45, 2.75) is 6.61 Å². The number of ether oxygens (including phenoxy) is 2. The van der Waals surface area contributed by atoms with Crippen molar-refractivity contribution in [3.63, 3.8) is 0 Å². The topological polar surface area (TPSA) is 84.9 Å². The molecule has 32 heavy (non-hydrogen) atoms. The van der Waals surface area contributed by atoms with Crippen LogP contribution in [0.5, 0.6) is 5.75 Å². The van der Waals surface area contributed by atoms with Crippen molar-refractivity contribution < 1.29 is 28.2 Å². The van der Waals surface area contributed by atoms with Crippen molar-refractivity contribution in [2.24, 2.45) is 0 Å². The Bertz CT molecular complexity index is 1180. The van der Waals surface area contributed by atoms with Crippen LogP contribution >= 0.6 is 11.3 Å². The number of carbonyl (C=O) groups excluding carboxylic acids is 3. The Morgan fingerprint density at radius 2 is 1.91 bits per heavy atom. The fourth-order valence-corrected chi connectivity index (χ4v) is 4.24. The first-order chi connectivity index (χ1) is 15.4. The molecule has 0 unspecified atom stereocenters. The lowest BCUT2D eigenvalue weighted by Crippen LogP contribution is -2.37. The number of fused-ring (bicyclic) bond motifs is 3. The number of amides is 2. The third-order valence-corrected chi connectivity index (χ3v) is 5.98. The molecule has 0 bridgehead atoms. The number of likely N-dealkylation sites (N-methyl/N-ethyl adjacent to an activating group) is 1. The van der Waals surface area contributed by atoms with Gasteiger partial charge in [0, 0.05) is 28.7 Å². The molecule has 164 valence electrons. The average Bonchev–Trinajstić information content (AvgIpc) is 3.24. The van der Waals surface area contributed by atoms with Gasteiger partial charge in [0.15, 0.2) is 6.61 Å². The molecule has 0 radical (unpaired) electrons. The van der Waals surface area contributed by atoms with Crippen LogP contribution in [0.1, 0.15) is 15.2 Å². The van der Waals surface area contributed by atoms with E-state index in [2.05, 4.69) is 5.32 Å². The van der Waals surface area contributed by atoms with Crippen LogP contribution in [0.3, 0.4) is 0 Å². The number of nitrogens with zero attached hydrogens (tertiary/aromatic N) is 1. The largest absolute Gasteiger partial charge is 0.488 e. The first-order valence-electron chi connectivity index (χ1n) is 9.72. The number of halogens is 1. The second kappa shape index (κ2) is 9.19. The van der Waals surface area contributed by atoms with Gasteiger partial charge in [-0.3, -0.25) is 9.59 Å². The fraction of sp³-hybridized carbons (Fsp3) is 0.174. The summed E-state index contributed by atoms with van der Waals surface area (Å²) in [6.45, 7) is -0.370. The van der Waals surface area contributed by atoms with Crippen molar-refractivity contribution in [3.8, 4) is 16.2 Å². The minimum Gasteiger partial charge on any atom is -0.488 e. The molecule has 0 atom stereocenters. The molecule has 0 saturated carbocycles. The molecule has 2 aromatic carbocycles. The van der Waals surface area contributed by atoms with Gasteiger partial charge in [0.1, 0.15) is 23.1 Å². The predicted octanol–water partition coefficient (Wildman–Crippen LogP) is 3.70. The van der Waals surface area contributed by atoms with Gasteiger partial charge in [-0.2, -0.15) is 0 Å². The molecule has 1 N–H and O–H groups in total. The molecule has 3 aromatic rings. The maximum absolute atomic E-state index is 12.9. The minimum atomic E-state index is -0.612. The lowest BCUT2D eigenvalue weighted by molar-refractivity contribution is -0.136. The number of nitrogens with one attached hydrogen (secondary N) is 1. The molecule has 0 fully saturated rings. The minimum absolute atomic E-state index is 0.241. The summed E-state index contributed by atoms with van der Waals surface area (Å²) in [5.41, 5.74) is 2.22. The SMILES string of the molecule is CN(CC(=O)Nc1ccc(F)cc1)C(=O)COC(=O)c1cc2c(s1)-c1ccccc1OC2. The number of benzene rings is 2. The summed E-state index contributed by atoms with van der Waals surface area (Å²) in [5.74, 6) is -1.25. The molecule has 2 amide bonds. The van der Waals surface area contributed by atoms with Crippen LogP contribution in [0.25, 0.3) is 10.4 Å². The molecule has 0 saturated heterocycles. The molecular formula is C23H19FN2O5S. The first kappa shape index (κ1) is 21.5. The van der Waals surface area contributed by atoms with Crippen LogP contribution in [0.15, 0.2) is 54.6 Å². The monoisotopic (exact) mass is 454 g/mol. The molecule has 1 aromatic heterocycles. The Balaban J connectivity index is 1.30. The van der Waals surface area contributed by atoms with Crippen LogP contribution in [-0.4, -0.2) is 42.9 Å². The molecule has 1 aliphatic rings. The highest BCUT2D eigenvalue weighted by molar-refractivity contribution is 7.17. The van der Waals surface area contributed by atoms with E-state index in [4.69, 9.17) is 9.47 Å². The predicted molar refractivity (Wildman–Crippen MR) is 117 cm³/mol. The Hall–Kier alpha value is -3.72. The molecule has 1 aliphatic heterocycles. The van der Waals surface area contributed by atoms with Crippen LogP contribution in [0, 0.1) is 5.82 Å². The molecule has 4 rings (SSSR count). The summed E-state index contributed by atoms with van der Waals surface area (Å²) >= 11 is 1.29. The Morgan fingerprint density at radius 1 is 1.16 bits per heavy atom. The molecule has 0 aliphatic carbocycles. The summed E-state index contributed by atoms with van der Waals surface area (Å²) in [6.07, 6.45) is 0. The van der Waals surface area contributed by atoms with Crippen LogP contribution < -0.4 is 10.1 Å². The quantitative estimate of drug-likeness (QED) is 0.574. The number of para-hydroxylation sites is 1. The highest BCUT2D eigenvalue weighted by Gasteiger charge is 2.24. The summed E-state index contributed by atoms with van der Waals surface area (Å²) < 4.78 is 23.8. The van der Waals surface area contributed by atoms with Gasteiger partial charge < -0.3 is 19.7 Å². The van der Waals surface area contributed by atoms with E-state index in [0.29, 0.717) is 17.2 Å². The number of carbonyl (C=O) groups is 3. The van der Waals surface area contributed by atoms with Gasteiger partial charge in [0.05, 0.1) is 6.54 Å². The van der Waals surface area contributed by atoms with Crippen molar-refractivity contribution >= 4 is 34.8 Å². The maximum atomic E-state index is 12.9. The molecular weight excluding hydrogens is 435 g/mol. The second-order valence-electron chi connectivity index (χ2n) is 7.13. The highest BCUT2D eigenvalue weighted by Crippen LogP contribution is 2.42. The number of anilines is 1. The maximum Gasteiger partial charge on any atom is 0.348 e. The van der Waals surface area contributed by atoms with Crippen molar-refractivity contribution in [1.82, 2.24) is 4.90 Å². The normalized spacial score (nSPS) is 11.6. The molecule has 0 spiro atoms. The van der Waals surface area contributed by atoms with Gasteiger partial charge in [-0.05, 0) is 42.5 Å². The van der Waals surface area contributed by atoms with E-state index in [9.17, 15) is 18.8 Å². The number of esters is 1. The van der Waals surface area contributed by atoms with E-state index >= 15 is 0 Å². The van der Waals surface area contributed by atoms with E-state index in [1.54, 1.807) is 6.07 Å². The lowest BCUT2D eigenvalue weighted by atomic mass is 10.1. The van der Waals surface area contributed by atoms with E-state index in [-0.39, 0.29) is 6.54 Å². The van der Waals surface area contributed by atoms with E-state index in [0.717, 1.165) is 26.7 Å². The van der Waals surface area contributed by atoms with Crippen LogP contribution in [0.2, 0.25) is 0 Å². The number of rotatable bonds is 6. The Labute approximate surface area is 187 Å². The number of hydrogen-bond donors (Lipinski definition) is 1. The summed E-state index contributed by atoms with van der Waals surface area (Å²) in [4.78, 5) is 39.3. The fourth-order valence-electron chi connectivity index (χ4n) is 3.15. The second-order valence-corrected chi connectivity index (χ2v) is 8.18. The van der Waals surface area contributed by atoms with Crippen molar-refractivity contribution in [1.29, 1.82) is 0 Å². The number of hydrogen-bond acceptors (Lipinski definition) is 6. The molecule has 2 heterocycles. The molecule has 9 heteroatoms. The standard InChI is InChI=1S/C23H19FN2O5S/c1-26(11-20(27)25-16-8-6-15(24)7-9-16)21(28)13-31-23(29)19-10-14-12-30-18-5-3-2-4-17(18)22(14)32-19/h2-10H,11-13H2,1H3,(H,25,27). The zero-order valence-electron chi connectivity index (χ0n) is 17.1. The first-order valence-corrected chi connectivity index (χ1v) is 10.5. The van der Waals surface area contributed by atoms with E-state index < -0.39 is 30.2 Å². The molecule has 7 nitrogen and oxygen atoms in total. The van der Waals surface area contributed by atoms with Gasteiger partial charge in [-0.25, -0.2) is 9.18 Å². The lowest BCUT2D eigenvalue weighted by Gasteiger charge is -2.16. The van der Waals surface area contributed by atoms with Gasteiger partial charge in [-0.1, -0.05) is 12.1 Å². The van der Waals surface area contributed by atoms with Crippen LogP contribution in [0.4, 0.5) is 10.1 Å². The highest BCUT2D eigenvalue weighted by atomic mass is 32.1. The van der Waals surface area contributed by atoms with Gasteiger partial charge >= 0.3 is 5.97 Å². The van der Waals surface area contributed by atoms with E-state index in [1.165, 1.54) is 42.6 Å². The third-order valence-electron chi connectivity index (χ3n) is 4.79. The van der Waals surface area contributed by atoms with E-state index in [1.807, 2.05) is 24.3 Å².